The maximum atomic E-state index is 11.7. The molecule has 0 radical (unpaired) electrons. The van der Waals surface area contributed by atoms with E-state index in [4.69, 9.17) is 0 Å². The number of hydrogen-bond donors (Lipinski definition) is 0. The summed E-state index contributed by atoms with van der Waals surface area (Å²) in [6.07, 6.45) is 0.296. The summed E-state index contributed by atoms with van der Waals surface area (Å²) < 4.78 is 24.8. The van der Waals surface area contributed by atoms with E-state index in [1.165, 1.54) is 10.7 Å². The van der Waals surface area contributed by atoms with Gasteiger partial charge in [0.15, 0.2) is 9.84 Å². The fraction of sp³-hybridized carbons (Fsp3) is 0.308. The van der Waals surface area contributed by atoms with Gasteiger partial charge in [0.1, 0.15) is 5.69 Å². The third-order valence-corrected chi connectivity index (χ3v) is 5.48. The number of non-ortho nitro benzene ring substituents is 1. The lowest BCUT2D eigenvalue weighted by atomic mass is 10.1. The predicted octanol–water partition coefficient (Wildman–Crippen LogP) is 1.47. The maximum absolute atomic E-state index is 11.7. The fourth-order valence-corrected chi connectivity index (χ4v) is 4.07. The Morgan fingerprint density at radius 1 is 1.21 bits per heavy atom. The van der Waals surface area contributed by atoms with Crippen molar-refractivity contribution in [1.82, 2.24) is 9.78 Å². The third-order valence-electron chi connectivity index (χ3n) is 3.94. The summed E-state index contributed by atoms with van der Waals surface area (Å²) in [6, 6.07) is 3.27. The van der Waals surface area contributed by atoms with Crippen LogP contribution in [0.5, 0.6) is 0 Å². The molecule has 0 amide bonds. The van der Waals surface area contributed by atoms with Gasteiger partial charge in [0, 0.05) is 11.8 Å². The maximum Gasteiger partial charge on any atom is 0.301 e. The first-order valence-electron chi connectivity index (χ1n) is 6.90. The normalized spacial score (nSPS) is 15.7. The van der Waals surface area contributed by atoms with Gasteiger partial charge in [0.05, 0.1) is 33.1 Å². The molecule has 0 unspecified atom stereocenters. The van der Waals surface area contributed by atoms with Crippen LogP contribution in [0.2, 0.25) is 0 Å². The molecule has 0 N–H and O–H groups in total. The van der Waals surface area contributed by atoms with E-state index in [1.807, 2.05) is 0 Å². The van der Waals surface area contributed by atoms with Gasteiger partial charge >= 0.3 is 5.69 Å². The fourth-order valence-electron chi connectivity index (χ4n) is 2.76. The Bertz CT molecular complexity index is 979. The summed E-state index contributed by atoms with van der Waals surface area (Å²) in [5, 5.41) is 26.3. The van der Waals surface area contributed by atoms with E-state index in [2.05, 4.69) is 5.10 Å². The number of fused-ring (bicyclic) bond motifs is 1. The lowest BCUT2D eigenvalue weighted by molar-refractivity contribution is -0.394. The van der Waals surface area contributed by atoms with Crippen LogP contribution in [0.3, 0.4) is 0 Å². The molecule has 1 aromatic heterocycles. The summed E-state index contributed by atoms with van der Waals surface area (Å²) in [5.41, 5.74) is 0.910. The number of rotatable bonds is 3. The predicted molar refractivity (Wildman–Crippen MR) is 82.8 cm³/mol. The van der Waals surface area contributed by atoms with Gasteiger partial charge in [-0.15, -0.1) is 0 Å². The van der Waals surface area contributed by atoms with Crippen molar-refractivity contribution in [3.8, 4) is 5.69 Å². The third kappa shape index (κ3) is 2.62. The first-order chi connectivity index (χ1) is 11.2. The topological polar surface area (TPSA) is 138 Å². The average molecular weight is 352 g/mol. The minimum Gasteiger partial charge on any atom is -0.258 e. The Morgan fingerprint density at radius 3 is 2.54 bits per heavy atom. The van der Waals surface area contributed by atoms with Crippen LogP contribution in [-0.4, -0.2) is 33.8 Å². The van der Waals surface area contributed by atoms with Gasteiger partial charge in [0.25, 0.3) is 5.69 Å². The summed E-state index contributed by atoms with van der Waals surface area (Å²) in [6.45, 7) is 1.69. The lowest BCUT2D eigenvalue weighted by Gasteiger charge is -2.10. The van der Waals surface area contributed by atoms with Crippen LogP contribution >= 0.6 is 0 Å². The minimum atomic E-state index is -3.23. The first kappa shape index (κ1) is 16.1. The molecule has 0 bridgehead atoms. The molecule has 0 atom stereocenters. The van der Waals surface area contributed by atoms with Crippen LogP contribution in [0, 0.1) is 27.2 Å². The highest BCUT2D eigenvalue weighted by Crippen LogP contribution is 2.31. The molecule has 0 saturated heterocycles. The summed E-state index contributed by atoms with van der Waals surface area (Å²) in [5.74, 6) is -0.203. The second-order valence-electron chi connectivity index (χ2n) is 5.45. The highest BCUT2D eigenvalue weighted by atomic mass is 32.2. The van der Waals surface area contributed by atoms with Gasteiger partial charge in [-0.05, 0) is 25.0 Å². The Labute approximate surface area is 135 Å². The number of nitrogens with zero attached hydrogens (tertiary/aromatic N) is 4. The summed E-state index contributed by atoms with van der Waals surface area (Å²) in [7, 11) is -3.23. The molecule has 1 aliphatic heterocycles. The van der Waals surface area contributed by atoms with Crippen LogP contribution in [0.25, 0.3) is 5.69 Å². The molecule has 2 heterocycles. The second-order valence-corrected chi connectivity index (χ2v) is 7.64. The van der Waals surface area contributed by atoms with Gasteiger partial charge < -0.3 is 0 Å². The highest BCUT2D eigenvalue weighted by Gasteiger charge is 2.29. The molecule has 0 aliphatic carbocycles. The molecule has 10 nitrogen and oxygen atoms in total. The quantitative estimate of drug-likeness (QED) is 0.602. The molecule has 24 heavy (non-hydrogen) atoms. The van der Waals surface area contributed by atoms with Crippen molar-refractivity contribution in [1.29, 1.82) is 0 Å². The molecule has 3 rings (SSSR count). The van der Waals surface area contributed by atoms with Crippen LogP contribution in [0.15, 0.2) is 18.2 Å². The van der Waals surface area contributed by atoms with E-state index in [1.54, 1.807) is 6.92 Å². The zero-order valence-electron chi connectivity index (χ0n) is 12.5. The van der Waals surface area contributed by atoms with Crippen molar-refractivity contribution < 1.29 is 18.3 Å². The van der Waals surface area contributed by atoms with E-state index >= 15 is 0 Å². The zero-order valence-corrected chi connectivity index (χ0v) is 13.3. The molecule has 0 saturated carbocycles. The number of nitro groups is 2. The molecule has 2 aromatic rings. The molecule has 0 spiro atoms. The van der Waals surface area contributed by atoms with E-state index in [-0.39, 0.29) is 17.2 Å². The van der Waals surface area contributed by atoms with Gasteiger partial charge in [-0.3, -0.25) is 20.2 Å². The molecular weight excluding hydrogens is 340 g/mol. The number of aromatic nitrogens is 2. The van der Waals surface area contributed by atoms with E-state index < -0.39 is 31.1 Å². The summed E-state index contributed by atoms with van der Waals surface area (Å²) in [4.78, 5) is 20.6. The van der Waals surface area contributed by atoms with E-state index in [0.29, 0.717) is 17.8 Å². The second kappa shape index (κ2) is 5.37. The van der Waals surface area contributed by atoms with Crippen LogP contribution in [0.4, 0.5) is 11.4 Å². The number of hydrogen-bond acceptors (Lipinski definition) is 7. The average Bonchev–Trinajstić information content (AvgIpc) is 2.81. The largest absolute Gasteiger partial charge is 0.301 e. The van der Waals surface area contributed by atoms with Gasteiger partial charge in [-0.2, -0.15) is 5.10 Å². The molecule has 126 valence electrons. The number of sulfone groups is 1. The molecule has 0 fully saturated rings. The van der Waals surface area contributed by atoms with Crippen molar-refractivity contribution in [2.45, 2.75) is 19.1 Å². The SMILES string of the molecule is Cc1c2c(nn1-c1ccc([N+](=O)[O-])cc1[N+](=O)[O-])CS(=O)(=O)CC2. The minimum absolute atomic E-state index is 0.00882. The van der Waals surface area contributed by atoms with Gasteiger partial charge in [-0.1, -0.05) is 0 Å². The molecular formula is C13H12N4O6S. The molecule has 1 aliphatic rings. The van der Waals surface area contributed by atoms with Gasteiger partial charge in [-0.25, -0.2) is 13.1 Å². The standard InChI is InChI=1S/C13H12N4O6S/c1-8-10-4-5-24(22,23)7-11(10)14-15(8)12-3-2-9(16(18)19)6-13(12)17(20)21/h2-3,6H,4-5,7H2,1H3. The van der Waals surface area contributed by atoms with E-state index in [0.717, 1.165) is 17.7 Å². The lowest BCUT2D eigenvalue weighted by Crippen LogP contribution is -2.18. The van der Waals surface area contributed by atoms with Gasteiger partial charge in [0.2, 0.25) is 0 Å². The van der Waals surface area contributed by atoms with E-state index in [9.17, 15) is 28.6 Å². The first-order valence-corrected chi connectivity index (χ1v) is 8.73. The number of nitro benzene ring substituents is 2. The van der Waals surface area contributed by atoms with Crippen molar-refractivity contribution >= 4 is 21.2 Å². The Kier molecular flexibility index (Phi) is 3.59. The number of benzene rings is 1. The zero-order chi connectivity index (χ0) is 17.6. The Balaban J connectivity index is 2.19. The molecule has 11 heteroatoms. The smallest absolute Gasteiger partial charge is 0.258 e. The monoisotopic (exact) mass is 352 g/mol. The Hall–Kier alpha value is -2.82. The van der Waals surface area contributed by atoms with Crippen molar-refractivity contribution in [3.63, 3.8) is 0 Å². The Morgan fingerprint density at radius 2 is 1.92 bits per heavy atom. The highest BCUT2D eigenvalue weighted by molar-refractivity contribution is 7.90. The van der Waals surface area contributed by atoms with Crippen LogP contribution in [0.1, 0.15) is 17.0 Å². The van der Waals surface area contributed by atoms with Crippen molar-refractivity contribution in [2.75, 3.05) is 5.75 Å². The van der Waals surface area contributed by atoms with Crippen molar-refractivity contribution in [2.24, 2.45) is 0 Å². The van der Waals surface area contributed by atoms with Crippen LogP contribution in [-0.2, 0) is 22.0 Å². The van der Waals surface area contributed by atoms with Crippen LogP contribution < -0.4 is 0 Å². The molecule has 1 aromatic carbocycles. The van der Waals surface area contributed by atoms with Crippen molar-refractivity contribution in [3.05, 3.63) is 55.4 Å². The summed E-state index contributed by atoms with van der Waals surface area (Å²) >= 11 is 0.